The molecule has 0 saturated heterocycles. The van der Waals surface area contributed by atoms with Gasteiger partial charge in [-0.2, -0.15) is 5.10 Å². The van der Waals surface area contributed by atoms with Crippen LogP contribution in [0.15, 0.2) is 67.1 Å². The summed E-state index contributed by atoms with van der Waals surface area (Å²) in [5.41, 5.74) is 4.15. The number of aromatic nitrogens is 3. The first-order chi connectivity index (χ1) is 16.1. The van der Waals surface area contributed by atoms with Crippen molar-refractivity contribution in [3.8, 4) is 11.5 Å². The number of nitrogens with zero attached hydrogens (tertiary/aromatic N) is 3. The predicted molar refractivity (Wildman–Crippen MR) is 135 cm³/mol. The van der Waals surface area contributed by atoms with Crippen LogP contribution in [0.1, 0.15) is 62.5 Å². The highest BCUT2D eigenvalue weighted by Crippen LogP contribution is 2.27. The number of hydrogen-bond donors (Lipinski definition) is 1. The Bertz CT molecular complexity index is 1170. The standard InChI is InChI=1S/C23H22N4O2.2C2H6/c1-3-7-17-8-4-5-11-20(17)23(28)26-18-9-6-10-19(13-18)29-21-14-27-22(12-16(21)2)24-15-25-27;2*1-2/h4-6,8-15H,3,7H2,1-2H3,(H,26,28);2*1-2H3. The van der Waals surface area contributed by atoms with Crippen molar-refractivity contribution >= 4 is 17.2 Å². The molecule has 0 unspecified atom stereocenters. The lowest BCUT2D eigenvalue weighted by molar-refractivity contribution is 0.102. The number of rotatable bonds is 6. The second-order valence-corrected chi connectivity index (χ2v) is 6.87. The van der Waals surface area contributed by atoms with E-state index in [1.807, 2.05) is 89.2 Å². The molecule has 1 amide bonds. The van der Waals surface area contributed by atoms with Crippen molar-refractivity contribution in [1.82, 2.24) is 14.6 Å². The van der Waals surface area contributed by atoms with Gasteiger partial charge in [-0.1, -0.05) is 65.3 Å². The molecule has 0 aliphatic heterocycles. The van der Waals surface area contributed by atoms with Crippen molar-refractivity contribution in [2.75, 3.05) is 5.32 Å². The molecule has 6 heteroatoms. The van der Waals surface area contributed by atoms with E-state index in [1.165, 1.54) is 6.33 Å². The molecule has 0 aliphatic rings. The van der Waals surface area contributed by atoms with E-state index in [4.69, 9.17) is 4.74 Å². The average Bonchev–Trinajstić information content (AvgIpc) is 3.30. The van der Waals surface area contributed by atoms with Crippen molar-refractivity contribution in [2.45, 2.75) is 54.4 Å². The van der Waals surface area contributed by atoms with Crippen LogP contribution < -0.4 is 10.1 Å². The van der Waals surface area contributed by atoms with Gasteiger partial charge in [-0.3, -0.25) is 4.79 Å². The number of amides is 1. The summed E-state index contributed by atoms with van der Waals surface area (Å²) in [6.45, 7) is 12.1. The third-order valence-corrected chi connectivity index (χ3v) is 4.68. The van der Waals surface area contributed by atoms with Gasteiger partial charge in [-0.15, -0.1) is 0 Å². The molecule has 1 N–H and O–H groups in total. The van der Waals surface area contributed by atoms with E-state index in [0.29, 0.717) is 22.7 Å². The molecule has 0 bridgehead atoms. The van der Waals surface area contributed by atoms with E-state index >= 15 is 0 Å². The lowest BCUT2D eigenvalue weighted by Gasteiger charge is -2.12. The third kappa shape index (κ3) is 6.65. The highest BCUT2D eigenvalue weighted by Gasteiger charge is 2.12. The van der Waals surface area contributed by atoms with Crippen LogP contribution in [0.25, 0.3) is 5.65 Å². The van der Waals surface area contributed by atoms with Crippen molar-refractivity contribution in [3.05, 3.63) is 83.8 Å². The van der Waals surface area contributed by atoms with Crippen LogP contribution in [0.2, 0.25) is 0 Å². The monoisotopic (exact) mass is 446 g/mol. The molecule has 4 aromatic rings. The average molecular weight is 447 g/mol. The normalized spacial score (nSPS) is 9.88. The number of fused-ring (bicyclic) bond motifs is 1. The minimum atomic E-state index is -0.119. The highest BCUT2D eigenvalue weighted by atomic mass is 16.5. The van der Waals surface area contributed by atoms with Gasteiger partial charge in [0, 0.05) is 17.3 Å². The van der Waals surface area contributed by atoms with Crippen LogP contribution >= 0.6 is 0 Å². The predicted octanol–water partition coefficient (Wildman–Crippen LogP) is 7.09. The number of anilines is 1. The molecule has 0 aliphatic carbocycles. The molecule has 33 heavy (non-hydrogen) atoms. The Morgan fingerprint density at radius 1 is 1.03 bits per heavy atom. The van der Waals surface area contributed by atoms with Crippen LogP contribution in [-0.2, 0) is 6.42 Å². The maximum Gasteiger partial charge on any atom is 0.255 e. The van der Waals surface area contributed by atoms with E-state index in [1.54, 1.807) is 10.7 Å². The van der Waals surface area contributed by atoms with Crippen molar-refractivity contribution in [3.63, 3.8) is 0 Å². The molecule has 174 valence electrons. The Labute approximate surface area is 196 Å². The van der Waals surface area contributed by atoms with E-state index in [9.17, 15) is 4.79 Å². The Kier molecular flexibility index (Phi) is 10.1. The maximum absolute atomic E-state index is 12.8. The van der Waals surface area contributed by atoms with Gasteiger partial charge in [-0.25, -0.2) is 9.50 Å². The largest absolute Gasteiger partial charge is 0.455 e. The summed E-state index contributed by atoms with van der Waals surface area (Å²) >= 11 is 0. The second kappa shape index (κ2) is 13.0. The molecule has 2 aromatic carbocycles. The van der Waals surface area contributed by atoms with E-state index in [-0.39, 0.29) is 5.91 Å². The molecule has 0 radical (unpaired) electrons. The number of benzene rings is 2. The van der Waals surface area contributed by atoms with E-state index in [2.05, 4.69) is 22.3 Å². The fourth-order valence-electron chi connectivity index (χ4n) is 3.24. The van der Waals surface area contributed by atoms with Gasteiger partial charge >= 0.3 is 0 Å². The number of hydrogen-bond acceptors (Lipinski definition) is 4. The summed E-state index contributed by atoms with van der Waals surface area (Å²) < 4.78 is 7.70. The first kappa shape index (κ1) is 25.6. The Hall–Kier alpha value is -3.67. The maximum atomic E-state index is 12.8. The summed E-state index contributed by atoms with van der Waals surface area (Å²) in [6, 6.07) is 17.0. The molecule has 2 aromatic heterocycles. The van der Waals surface area contributed by atoms with Crippen LogP contribution in [-0.4, -0.2) is 20.5 Å². The molecule has 0 fully saturated rings. The van der Waals surface area contributed by atoms with Gasteiger partial charge in [0.05, 0.1) is 6.20 Å². The van der Waals surface area contributed by atoms with Crippen molar-refractivity contribution in [2.24, 2.45) is 0 Å². The molecule has 6 nitrogen and oxygen atoms in total. The zero-order chi connectivity index (χ0) is 24.2. The lowest BCUT2D eigenvalue weighted by Crippen LogP contribution is -2.14. The van der Waals surface area contributed by atoms with Gasteiger partial charge < -0.3 is 10.1 Å². The highest BCUT2D eigenvalue weighted by molar-refractivity contribution is 6.05. The minimum Gasteiger partial charge on any atom is -0.455 e. The molecule has 0 atom stereocenters. The lowest BCUT2D eigenvalue weighted by atomic mass is 10.0. The number of pyridine rings is 1. The first-order valence-corrected chi connectivity index (χ1v) is 11.6. The van der Waals surface area contributed by atoms with Gasteiger partial charge in [0.1, 0.15) is 17.8 Å². The van der Waals surface area contributed by atoms with Gasteiger partial charge in [0.15, 0.2) is 5.65 Å². The molecule has 2 heterocycles. The van der Waals surface area contributed by atoms with Crippen LogP contribution in [0.3, 0.4) is 0 Å². The molecular weight excluding hydrogens is 412 g/mol. The van der Waals surface area contributed by atoms with E-state index < -0.39 is 0 Å². The number of ether oxygens (including phenoxy) is 1. The Morgan fingerprint density at radius 2 is 1.79 bits per heavy atom. The topological polar surface area (TPSA) is 68.5 Å². The first-order valence-electron chi connectivity index (χ1n) is 11.6. The summed E-state index contributed by atoms with van der Waals surface area (Å²) in [5.74, 6) is 1.19. The fourth-order valence-corrected chi connectivity index (χ4v) is 3.24. The fraction of sp³-hybridized carbons (Fsp3) is 0.296. The Morgan fingerprint density at radius 3 is 2.55 bits per heavy atom. The van der Waals surface area contributed by atoms with Crippen molar-refractivity contribution in [1.29, 1.82) is 0 Å². The number of nitrogens with one attached hydrogen (secondary N) is 1. The van der Waals surface area contributed by atoms with Crippen LogP contribution in [0.4, 0.5) is 5.69 Å². The zero-order valence-electron chi connectivity index (χ0n) is 20.4. The van der Waals surface area contributed by atoms with Crippen molar-refractivity contribution < 1.29 is 9.53 Å². The summed E-state index contributed by atoms with van der Waals surface area (Å²) in [5, 5.41) is 7.12. The number of carbonyl (C=O) groups is 1. The quantitative estimate of drug-likeness (QED) is 0.343. The SMILES string of the molecule is CC.CC.CCCc1ccccc1C(=O)Nc1cccc(Oc2cn3ncnc3cc2C)c1. The molecule has 0 saturated carbocycles. The second-order valence-electron chi connectivity index (χ2n) is 6.87. The molecule has 0 spiro atoms. The smallest absolute Gasteiger partial charge is 0.255 e. The van der Waals surface area contributed by atoms with E-state index in [0.717, 1.165) is 29.6 Å². The van der Waals surface area contributed by atoms with Gasteiger partial charge in [0.2, 0.25) is 0 Å². The molecule has 4 rings (SSSR count). The number of aryl methyl sites for hydroxylation is 2. The minimum absolute atomic E-state index is 0.119. The molecular formula is C27H34N4O2. The third-order valence-electron chi connectivity index (χ3n) is 4.68. The Balaban J connectivity index is 0.000000914. The van der Waals surface area contributed by atoms with Gasteiger partial charge in [0.25, 0.3) is 5.91 Å². The van der Waals surface area contributed by atoms with Crippen LogP contribution in [0.5, 0.6) is 11.5 Å². The zero-order valence-corrected chi connectivity index (χ0v) is 20.4. The number of carbonyl (C=O) groups excluding carboxylic acids is 1. The van der Waals surface area contributed by atoms with Crippen LogP contribution in [0, 0.1) is 6.92 Å². The van der Waals surface area contributed by atoms with Gasteiger partial charge in [-0.05, 0) is 48.7 Å². The summed E-state index contributed by atoms with van der Waals surface area (Å²) in [7, 11) is 0. The summed E-state index contributed by atoms with van der Waals surface area (Å²) in [4.78, 5) is 17.0. The summed E-state index contributed by atoms with van der Waals surface area (Å²) in [6.07, 6.45) is 5.16.